The number of nitrogens with zero attached hydrogens (tertiary/aromatic N) is 3. The molecule has 1 aromatic carbocycles. The Labute approximate surface area is 133 Å². The molecule has 0 radical (unpaired) electrons. The van der Waals surface area contributed by atoms with Crippen LogP contribution in [0.1, 0.15) is 24.4 Å². The van der Waals surface area contributed by atoms with Crippen molar-refractivity contribution in [2.24, 2.45) is 0 Å². The predicted octanol–water partition coefficient (Wildman–Crippen LogP) is 2.62. The molecule has 0 spiro atoms. The third-order valence-electron chi connectivity index (χ3n) is 3.40. The van der Waals surface area contributed by atoms with E-state index in [1.165, 1.54) is 12.8 Å². The van der Waals surface area contributed by atoms with Crippen LogP contribution < -0.4 is 4.74 Å². The zero-order chi connectivity index (χ0) is 15.4. The molecule has 6 heteroatoms. The smallest absolute Gasteiger partial charge is 0.168 e. The van der Waals surface area contributed by atoms with Crippen molar-refractivity contribution in [3.63, 3.8) is 0 Å². The summed E-state index contributed by atoms with van der Waals surface area (Å²) in [5.41, 5.74) is 0.593. The van der Waals surface area contributed by atoms with Crippen molar-refractivity contribution in [1.29, 1.82) is 5.26 Å². The van der Waals surface area contributed by atoms with Gasteiger partial charge in [-0.15, -0.1) is 0 Å². The van der Waals surface area contributed by atoms with Crippen molar-refractivity contribution in [1.82, 2.24) is 9.55 Å². The van der Waals surface area contributed by atoms with E-state index in [0.717, 1.165) is 5.16 Å². The van der Waals surface area contributed by atoms with Gasteiger partial charge in [-0.1, -0.05) is 11.8 Å². The average Bonchev–Trinajstić information content (AvgIpc) is 3.29. The molecule has 22 heavy (non-hydrogen) atoms. The maximum atomic E-state index is 10.0. The number of nitriles is 1. The summed E-state index contributed by atoms with van der Waals surface area (Å²) in [6, 6.07) is 9.51. The molecule has 3 rings (SSSR count). The van der Waals surface area contributed by atoms with Gasteiger partial charge >= 0.3 is 0 Å². The summed E-state index contributed by atoms with van der Waals surface area (Å²) in [6.45, 7) is 0.225. The largest absolute Gasteiger partial charge is 0.491 e. The average molecular weight is 315 g/mol. The minimum absolute atomic E-state index is 0.225. The van der Waals surface area contributed by atoms with Crippen LogP contribution in [0.4, 0.5) is 0 Å². The monoisotopic (exact) mass is 315 g/mol. The first-order valence-electron chi connectivity index (χ1n) is 7.23. The van der Waals surface area contributed by atoms with Gasteiger partial charge in [-0.25, -0.2) is 4.98 Å². The Kier molecular flexibility index (Phi) is 4.66. The quantitative estimate of drug-likeness (QED) is 0.795. The Balaban J connectivity index is 1.45. The number of thioether (sulfide) groups is 1. The van der Waals surface area contributed by atoms with E-state index in [-0.39, 0.29) is 6.61 Å². The topological polar surface area (TPSA) is 71.1 Å². The lowest BCUT2D eigenvalue weighted by Crippen LogP contribution is -2.20. The molecule has 5 nitrogen and oxygen atoms in total. The lowest BCUT2D eigenvalue weighted by Gasteiger charge is -2.12. The molecule has 1 aromatic heterocycles. The van der Waals surface area contributed by atoms with Gasteiger partial charge in [0.05, 0.1) is 17.7 Å². The Hall–Kier alpha value is -1.97. The van der Waals surface area contributed by atoms with Gasteiger partial charge in [-0.3, -0.25) is 0 Å². The van der Waals surface area contributed by atoms with Gasteiger partial charge in [0.2, 0.25) is 0 Å². The molecule has 1 unspecified atom stereocenters. The standard InChI is InChI=1S/C16H17N3O2S/c17-9-12-1-5-15(6-2-12)21-10-14(20)11-22-16-18-7-8-19(16)13-3-4-13/h1-2,5-8,13-14,20H,3-4,10-11H2. The molecule has 1 aliphatic rings. The second kappa shape index (κ2) is 6.86. The van der Waals surface area contributed by atoms with Crippen LogP contribution >= 0.6 is 11.8 Å². The number of benzene rings is 1. The van der Waals surface area contributed by atoms with Crippen LogP contribution in [0.25, 0.3) is 0 Å². The van der Waals surface area contributed by atoms with Crippen LogP contribution in [-0.4, -0.2) is 33.1 Å². The minimum Gasteiger partial charge on any atom is -0.491 e. The lowest BCUT2D eigenvalue weighted by atomic mass is 10.2. The van der Waals surface area contributed by atoms with Crippen molar-refractivity contribution in [2.75, 3.05) is 12.4 Å². The van der Waals surface area contributed by atoms with Crippen LogP contribution in [0.2, 0.25) is 0 Å². The summed E-state index contributed by atoms with van der Waals surface area (Å²) in [7, 11) is 0. The Bertz CT molecular complexity index is 659. The highest BCUT2D eigenvalue weighted by molar-refractivity contribution is 7.99. The summed E-state index contributed by atoms with van der Waals surface area (Å²) in [5, 5.41) is 19.7. The number of rotatable bonds is 7. The van der Waals surface area contributed by atoms with Gasteiger partial charge in [0.15, 0.2) is 5.16 Å². The molecule has 1 aliphatic carbocycles. The van der Waals surface area contributed by atoms with Crippen molar-refractivity contribution in [2.45, 2.75) is 30.1 Å². The highest BCUT2D eigenvalue weighted by Crippen LogP contribution is 2.37. The van der Waals surface area contributed by atoms with Crippen molar-refractivity contribution < 1.29 is 9.84 Å². The fraction of sp³-hybridized carbons (Fsp3) is 0.375. The van der Waals surface area contributed by atoms with Crippen molar-refractivity contribution in [3.8, 4) is 11.8 Å². The summed E-state index contributed by atoms with van der Waals surface area (Å²) in [5.74, 6) is 1.20. The fourth-order valence-corrected chi connectivity index (χ4v) is 3.01. The zero-order valence-corrected chi connectivity index (χ0v) is 12.9. The molecule has 1 N–H and O–H groups in total. The molecule has 0 bridgehead atoms. The van der Waals surface area contributed by atoms with E-state index < -0.39 is 6.10 Å². The molecule has 2 aromatic rings. The second-order valence-electron chi connectivity index (χ2n) is 5.26. The van der Waals surface area contributed by atoms with Gasteiger partial charge in [-0.05, 0) is 37.1 Å². The minimum atomic E-state index is -0.565. The highest BCUT2D eigenvalue weighted by Gasteiger charge is 2.25. The fourth-order valence-electron chi connectivity index (χ4n) is 2.08. The van der Waals surface area contributed by atoms with Crippen LogP contribution in [0.15, 0.2) is 41.8 Å². The Morgan fingerprint density at radius 3 is 2.86 bits per heavy atom. The van der Waals surface area contributed by atoms with E-state index in [9.17, 15) is 5.11 Å². The van der Waals surface area contributed by atoms with Gasteiger partial charge in [0.1, 0.15) is 12.4 Å². The first-order chi connectivity index (χ1) is 10.8. The van der Waals surface area contributed by atoms with E-state index in [1.54, 1.807) is 42.2 Å². The molecule has 0 amide bonds. The SMILES string of the molecule is N#Cc1ccc(OCC(O)CSc2nccn2C2CC2)cc1. The number of ether oxygens (including phenoxy) is 1. The number of aliphatic hydroxyl groups excluding tert-OH is 1. The van der Waals surface area contributed by atoms with Crippen LogP contribution in [-0.2, 0) is 0 Å². The molecular formula is C16H17N3O2S. The van der Waals surface area contributed by atoms with Crippen molar-refractivity contribution in [3.05, 3.63) is 42.2 Å². The van der Waals surface area contributed by atoms with Crippen molar-refractivity contribution >= 4 is 11.8 Å². The molecule has 114 valence electrons. The molecular weight excluding hydrogens is 298 g/mol. The van der Waals surface area contributed by atoms with E-state index in [0.29, 0.717) is 23.1 Å². The first kappa shape index (κ1) is 14.9. The summed E-state index contributed by atoms with van der Waals surface area (Å²) < 4.78 is 7.71. The van der Waals surface area contributed by atoms with E-state index in [2.05, 4.69) is 15.6 Å². The maximum absolute atomic E-state index is 10.0. The van der Waals surface area contributed by atoms with Crippen LogP contribution in [0.5, 0.6) is 5.75 Å². The summed E-state index contributed by atoms with van der Waals surface area (Å²) >= 11 is 1.55. The van der Waals surface area contributed by atoms with E-state index >= 15 is 0 Å². The number of aliphatic hydroxyl groups is 1. The molecule has 1 atom stereocenters. The third-order valence-corrected chi connectivity index (χ3v) is 4.53. The highest BCUT2D eigenvalue weighted by atomic mass is 32.2. The van der Waals surface area contributed by atoms with Gasteiger partial charge < -0.3 is 14.4 Å². The Morgan fingerprint density at radius 2 is 2.18 bits per heavy atom. The number of hydrogen-bond acceptors (Lipinski definition) is 5. The van der Waals surface area contributed by atoms with Gasteiger partial charge in [-0.2, -0.15) is 5.26 Å². The van der Waals surface area contributed by atoms with E-state index in [4.69, 9.17) is 10.00 Å². The molecule has 1 heterocycles. The lowest BCUT2D eigenvalue weighted by molar-refractivity contribution is 0.126. The van der Waals surface area contributed by atoms with E-state index in [1.807, 2.05) is 6.20 Å². The molecule has 1 fully saturated rings. The number of aromatic nitrogens is 2. The van der Waals surface area contributed by atoms with Gasteiger partial charge in [0, 0.05) is 24.2 Å². The maximum Gasteiger partial charge on any atom is 0.168 e. The third kappa shape index (κ3) is 3.81. The first-order valence-corrected chi connectivity index (χ1v) is 8.21. The number of hydrogen-bond donors (Lipinski definition) is 1. The molecule has 0 aliphatic heterocycles. The Morgan fingerprint density at radius 1 is 1.41 bits per heavy atom. The summed E-state index contributed by atoms with van der Waals surface area (Å²) in [6.07, 6.45) is 5.67. The van der Waals surface area contributed by atoms with Crippen LogP contribution in [0, 0.1) is 11.3 Å². The zero-order valence-electron chi connectivity index (χ0n) is 12.1. The normalized spacial score (nSPS) is 15.3. The number of imidazole rings is 1. The summed E-state index contributed by atoms with van der Waals surface area (Å²) in [4.78, 5) is 4.33. The second-order valence-corrected chi connectivity index (χ2v) is 6.25. The van der Waals surface area contributed by atoms with Gasteiger partial charge in [0.25, 0.3) is 0 Å². The molecule has 0 saturated heterocycles. The molecule has 1 saturated carbocycles. The predicted molar refractivity (Wildman–Crippen MR) is 83.9 cm³/mol. The van der Waals surface area contributed by atoms with Crippen LogP contribution in [0.3, 0.4) is 0 Å².